The molecule has 0 amide bonds. The Hall–Kier alpha value is -3.78. The first-order chi connectivity index (χ1) is 17.1. The molecule has 0 aliphatic carbocycles. The fourth-order valence-electron chi connectivity index (χ4n) is 5.32. The number of hydrogen-bond donors (Lipinski definition) is 1. The van der Waals surface area contributed by atoms with E-state index in [-0.39, 0.29) is 11.3 Å². The topological polar surface area (TPSA) is 87.6 Å². The number of aromatic nitrogens is 3. The molecule has 5 rings (SSSR count). The van der Waals surface area contributed by atoms with Crippen molar-refractivity contribution in [1.82, 2.24) is 13.7 Å². The van der Waals surface area contributed by atoms with E-state index in [0.717, 1.165) is 21.4 Å². The van der Waals surface area contributed by atoms with Crippen LogP contribution in [0.4, 0.5) is 0 Å². The van der Waals surface area contributed by atoms with Gasteiger partial charge in [0.2, 0.25) is 0 Å². The van der Waals surface area contributed by atoms with Crippen LogP contribution in [0.1, 0.15) is 43.7 Å². The molecule has 1 N–H and O–H groups in total. The summed E-state index contributed by atoms with van der Waals surface area (Å²) in [4.78, 5) is 26.8. The summed E-state index contributed by atoms with van der Waals surface area (Å²) in [5, 5.41) is 11.6. The Morgan fingerprint density at radius 1 is 1.11 bits per heavy atom. The molecular formula is C28H31N3O5. The van der Waals surface area contributed by atoms with Crippen molar-refractivity contribution in [2.45, 2.75) is 39.3 Å². The van der Waals surface area contributed by atoms with E-state index >= 15 is 0 Å². The Balaban J connectivity index is 1.98. The van der Waals surface area contributed by atoms with Crippen LogP contribution in [-0.2, 0) is 24.4 Å². The third-order valence-corrected chi connectivity index (χ3v) is 6.97. The van der Waals surface area contributed by atoms with Crippen LogP contribution in [0.25, 0.3) is 22.2 Å². The quantitative estimate of drug-likeness (QED) is 0.469. The smallest absolute Gasteiger partial charge is 0.331 e. The summed E-state index contributed by atoms with van der Waals surface area (Å²) >= 11 is 0. The molecule has 2 aromatic carbocycles. The summed E-state index contributed by atoms with van der Waals surface area (Å²) < 4.78 is 16.8. The molecule has 0 radical (unpaired) electrons. The number of aromatic hydroxyl groups is 1. The van der Waals surface area contributed by atoms with Crippen molar-refractivity contribution in [1.29, 1.82) is 0 Å². The van der Waals surface area contributed by atoms with E-state index in [1.54, 1.807) is 25.2 Å². The Labute approximate surface area is 208 Å². The van der Waals surface area contributed by atoms with Gasteiger partial charge in [-0.3, -0.25) is 13.9 Å². The molecule has 1 aliphatic rings. The lowest BCUT2D eigenvalue weighted by Gasteiger charge is -2.39. The van der Waals surface area contributed by atoms with E-state index in [1.807, 2.05) is 52.0 Å². The van der Waals surface area contributed by atoms with Gasteiger partial charge in [0, 0.05) is 19.7 Å². The Kier molecular flexibility index (Phi) is 5.59. The maximum Gasteiger partial charge on any atom is 0.331 e. The highest BCUT2D eigenvalue weighted by atomic mass is 16.5. The van der Waals surface area contributed by atoms with Crippen LogP contribution in [0, 0.1) is 6.92 Å². The number of aryl methyl sites for hydroxylation is 2. The Morgan fingerprint density at radius 3 is 2.53 bits per heavy atom. The van der Waals surface area contributed by atoms with Gasteiger partial charge in [-0.1, -0.05) is 35.9 Å². The fourth-order valence-corrected chi connectivity index (χ4v) is 5.32. The predicted molar refractivity (Wildman–Crippen MR) is 139 cm³/mol. The standard InChI is InChI=1S/C28H31N3O5/c1-7-35-19-13-9-12-18(24(19)32)25-23-22-20(26(33)30(6)27(34)29(22)5)21(17-11-8-10-16(2)14-17)31(23)28(3,4)15-36-25/h8-14,25,32H,7,15H2,1-6H3/t25-/m1/s1. The van der Waals surface area contributed by atoms with Crippen LogP contribution in [0.5, 0.6) is 11.5 Å². The molecule has 0 bridgehead atoms. The average Bonchev–Trinajstić information content (AvgIpc) is 3.21. The highest BCUT2D eigenvalue weighted by Gasteiger charge is 2.41. The largest absolute Gasteiger partial charge is 0.504 e. The zero-order chi connectivity index (χ0) is 25.9. The van der Waals surface area contributed by atoms with Crippen LogP contribution in [-0.4, -0.2) is 32.0 Å². The molecule has 4 aromatic rings. The second-order valence-corrected chi connectivity index (χ2v) is 10.00. The Morgan fingerprint density at radius 2 is 1.83 bits per heavy atom. The molecule has 1 aliphatic heterocycles. The average molecular weight is 490 g/mol. The number of hydrogen-bond acceptors (Lipinski definition) is 5. The van der Waals surface area contributed by atoms with Crippen molar-refractivity contribution in [3.8, 4) is 22.8 Å². The van der Waals surface area contributed by atoms with Gasteiger partial charge in [-0.25, -0.2) is 4.79 Å². The van der Waals surface area contributed by atoms with Gasteiger partial charge >= 0.3 is 5.69 Å². The van der Waals surface area contributed by atoms with Gasteiger partial charge in [-0.15, -0.1) is 0 Å². The van der Waals surface area contributed by atoms with Gasteiger partial charge in [0.15, 0.2) is 11.5 Å². The number of ether oxygens (including phenoxy) is 2. The van der Waals surface area contributed by atoms with Crippen molar-refractivity contribution in [2.75, 3.05) is 13.2 Å². The highest BCUT2D eigenvalue weighted by Crippen LogP contribution is 2.48. The summed E-state index contributed by atoms with van der Waals surface area (Å²) in [6, 6.07) is 13.3. The number of phenolic OH excluding ortho intramolecular Hbond substituents is 1. The number of rotatable bonds is 4. The van der Waals surface area contributed by atoms with Crippen molar-refractivity contribution in [3.05, 3.63) is 80.1 Å². The number of phenols is 1. The van der Waals surface area contributed by atoms with Gasteiger partial charge < -0.3 is 19.1 Å². The zero-order valence-electron chi connectivity index (χ0n) is 21.5. The molecule has 36 heavy (non-hydrogen) atoms. The molecule has 0 unspecified atom stereocenters. The number of nitrogens with zero attached hydrogens (tertiary/aromatic N) is 3. The molecule has 8 nitrogen and oxygen atoms in total. The van der Waals surface area contributed by atoms with Crippen LogP contribution in [0.3, 0.4) is 0 Å². The van der Waals surface area contributed by atoms with Crippen molar-refractivity contribution >= 4 is 10.9 Å². The van der Waals surface area contributed by atoms with Gasteiger partial charge in [-0.05, 0) is 45.4 Å². The van der Waals surface area contributed by atoms with Gasteiger partial charge in [0.05, 0.1) is 41.0 Å². The molecular weight excluding hydrogens is 458 g/mol. The second kappa shape index (κ2) is 8.41. The maximum atomic E-state index is 13.7. The van der Waals surface area contributed by atoms with Crippen LogP contribution in [0.15, 0.2) is 52.1 Å². The van der Waals surface area contributed by atoms with E-state index in [1.165, 1.54) is 11.6 Å². The number of para-hydroxylation sites is 1. The second-order valence-electron chi connectivity index (χ2n) is 10.00. The third kappa shape index (κ3) is 3.39. The number of benzene rings is 2. The first kappa shape index (κ1) is 23.9. The lowest BCUT2D eigenvalue weighted by molar-refractivity contribution is -0.00812. The van der Waals surface area contributed by atoms with Crippen molar-refractivity contribution in [2.24, 2.45) is 14.1 Å². The maximum absolute atomic E-state index is 13.7. The van der Waals surface area contributed by atoms with E-state index < -0.39 is 17.3 Å². The van der Waals surface area contributed by atoms with Crippen molar-refractivity contribution < 1.29 is 14.6 Å². The molecule has 0 fully saturated rings. The first-order valence-corrected chi connectivity index (χ1v) is 12.1. The molecule has 2 aromatic heterocycles. The molecule has 188 valence electrons. The molecule has 0 spiro atoms. The van der Waals surface area contributed by atoms with Crippen LogP contribution in [0.2, 0.25) is 0 Å². The highest BCUT2D eigenvalue weighted by molar-refractivity contribution is 5.97. The summed E-state index contributed by atoms with van der Waals surface area (Å²) in [5.41, 5.74) is 3.00. The van der Waals surface area contributed by atoms with Crippen LogP contribution >= 0.6 is 0 Å². The molecule has 3 heterocycles. The minimum absolute atomic E-state index is 0.0177. The molecule has 1 atom stereocenters. The summed E-state index contributed by atoms with van der Waals surface area (Å²) in [7, 11) is 3.16. The third-order valence-electron chi connectivity index (χ3n) is 6.97. The first-order valence-electron chi connectivity index (χ1n) is 12.1. The Bertz CT molecular complexity index is 1620. The molecule has 0 saturated heterocycles. The van der Waals surface area contributed by atoms with E-state index in [9.17, 15) is 14.7 Å². The van der Waals surface area contributed by atoms with Gasteiger partial charge in [0.1, 0.15) is 6.10 Å². The van der Waals surface area contributed by atoms with Crippen molar-refractivity contribution in [3.63, 3.8) is 0 Å². The lowest BCUT2D eigenvalue weighted by atomic mass is 9.97. The summed E-state index contributed by atoms with van der Waals surface area (Å²) in [6.45, 7) is 8.68. The van der Waals surface area contributed by atoms with Crippen LogP contribution < -0.4 is 16.0 Å². The van der Waals surface area contributed by atoms with E-state index in [2.05, 4.69) is 4.57 Å². The minimum Gasteiger partial charge on any atom is -0.504 e. The minimum atomic E-state index is -0.725. The molecule has 0 saturated carbocycles. The lowest BCUT2D eigenvalue weighted by Crippen LogP contribution is -2.40. The normalized spacial score (nSPS) is 16.8. The fraction of sp³-hybridized carbons (Fsp3) is 0.357. The van der Waals surface area contributed by atoms with Gasteiger partial charge in [0.25, 0.3) is 5.56 Å². The summed E-state index contributed by atoms with van der Waals surface area (Å²) in [5.74, 6) is 0.338. The SMILES string of the molecule is CCOc1cccc([C@H]2OCC(C)(C)n3c(-c4cccc(C)c4)c4c(=O)n(C)c(=O)n(C)c4c32)c1O. The summed E-state index contributed by atoms with van der Waals surface area (Å²) in [6.07, 6.45) is -0.725. The predicted octanol–water partition coefficient (Wildman–Crippen LogP) is 3.97. The van der Waals surface area contributed by atoms with Gasteiger partial charge in [-0.2, -0.15) is 0 Å². The van der Waals surface area contributed by atoms with E-state index in [0.29, 0.717) is 41.1 Å². The molecule has 8 heteroatoms. The van der Waals surface area contributed by atoms with E-state index in [4.69, 9.17) is 9.47 Å². The zero-order valence-corrected chi connectivity index (χ0v) is 21.5. The monoisotopic (exact) mass is 489 g/mol. The number of fused-ring (bicyclic) bond motifs is 3.